The monoisotopic (exact) mass is 550 g/mol. The fourth-order valence-corrected chi connectivity index (χ4v) is 4.39. The average Bonchev–Trinajstić information content (AvgIpc) is 2.90. The molecule has 0 fully saturated rings. The number of rotatable bonds is 13. The zero-order valence-electron chi connectivity index (χ0n) is 21.1. The molecule has 6 heteroatoms. The Balaban J connectivity index is 1.86. The quantitative estimate of drug-likeness (QED) is 0.267. The van der Waals surface area contributed by atoms with Crippen molar-refractivity contribution in [3.05, 3.63) is 100 Å². The highest BCUT2D eigenvalue weighted by atomic mass is 79.9. The molecule has 0 aliphatic carbocycles. The summed E-state index contributed by atoms with van der Waals surface area (Å²) in [6.07, 6.45) is 3.23. The molecule has 3 rings (SSSR count). The van der Waals surface area contributed by atoms with E-state index in [1.165, 1.54) is 5.56 Å². The Bertz CT molecular complexity index is 1100. The molecule has 0 aliphatic rings. The molecular weight excluding hydrogens is 516 g/mol. The minimum Gasteiger partial charge on any atom is -0.484 e. The zero-order valence-corrected chi connectivity index (χ0v) is 22.7. The van der Waals surface area contributed by atoms with Crippen molar-refractivity contribution in [2.45, 2.75) is 52.1 Å². The molecular formula is C30H35BrN2O3. The smallest absolute Gasteiger partial charge is 0.261 e. The van der Waals surface area contributed by atoms with E-state index < -0.39 is 6.04 Å². The Labute approximate surface area is 223 Å². The number of hydrogen-bond donors (Lipinski definition) is 1. The Morgan fingerprint density at radius 1 is 0.917 bits per heavy atom. The number of hydrogen-bond acceptors (Lipinski definition) is 3. The lowest BCUT2D eigenvalue weighted by Gasteiger charge is -2.31. The summed E-state index contributed by atoms with van der Waals surface area (Å²) in [5, 5.41) is 3.04. The van der Waals surface area contributed by atoms with E-state index >= 15 is 0 Å². The molecule has 0 saturated heterocycles. The lowest BCUT2D eigenvalue weighted by molar-refractivity contribution is -0.142. The summed E-state index contributed by atoms with van der Waals surface area (Å²) in [6.45, 7) is 4.92. The van der Waals surface area contributed by atoms with Gasteiger partial charge in [0.1, 0.15) is 11.8 Å². The van der Waals surface area contributed by atoms with Crippen molar-refractivity contribution in [1.29, 1.82) is 0 Å². The average molecular weight is 552 g/mol. The van der Waals surface area contributed by atoms with Gasteiger partial charge in [-0.25, -0.2) is 0 Å². The molecule has 0 heterocycles. The number of carbonyl (C=O) groups excluding carboxylic acids is 2. The normalized spacial score (nSPS) is 11.5. The maximum atomic E-state index is 13.6. The molecule has 190 valence electrons. The topological polar surface area (TPSA) is 58.6 Å². The Kier molecular flexibility index (Phi) is 11.0. The molecule has 3 aromatic rings. The van der Waals surface area contributed by atoms with Gasteiger partial charge in [0.05, 0.1) is 0 Å². The molecule has 2 amide bonds. The van der Waals surface area contributed by atoms with Crippen LogP contribution in [0.15, 0.2) is 83.3 Å². The SMILES string of the molecule is CCCCNC(=O)C(Cc1ccccc1)N(Cc1cccc(Br)c1)C(=O)COc1ccc(CC)cc1. The number of carbonyl (C=O) groups is 2. The molecule has 5 nitrogen and oxygen atoms in total. The molecule has 3 aromatic carbocycles. The van der Waals surface area contributed by atoms with Gasteiger partial charge in [-0.05, 0) is 53.8 Å². The van der Waals surface area contributed by atoms with Crippen molar-refractivity contribution < 1.29 is 14.3 Å². The van der Waals surface area contributed by atoms with Crippen molar-refractivity contribution in [2.24, 2.45) is 0 Å². The second-order valence-electron chi connectivity index (χ2n) is 8.79. The van der Waals surface area contributed by atoms with Gasteiger partial charge >= 0.3 is 0 Å². The molecule has 0 spiro atoms. The molecule has 0 bridgehead atoms. The van der Waals surface area contributed by atoms with E-state index in [2.05, 4.69) is 35.1 Å². The molecule has 1 atom stereocenters. The van der Waals surface area contributed by atoms with Gasteiger partial charge < -0.3 is 15.0 Å². The summed E-state index contributed by atoms with van der Waals surface area (Å²) in [4.78, 5) is 28.7. The predicted molar refractivity (Wildman–Crippen MR) is 148 cm³/mol. The van der Waals surface area contributed by atoms with E-state index in [1.54, 1.807) is 4.90 Å². The molecule has 0 aliphatic heterocycles. The minimum atomic E-state index is -0.665. The van der Waals surface area contributed by atoms with Crippen LogP contribution in [-0.4, -0.2) is 35.9 Å². The first-order valence-electron chi connectivity index (χ1n) is 12.6. The van der Waals surface area contributed by atoms with Crippen LogP contribution in [-0.2, 0) is 29.0 Å². The van der Waals surface area contributed by atoms with Crippen molar-refractivity contribution in [3.8, 4) is 5.75 Å². The second-order valence-corrected chi connectivity index (χ2v) is 9.70. The summed E-state index contributed by atoms with van der Waals surface area (Å²) in [6, 6.07) is 24.7. The van der Waals surface area contributed by atoms with Crippen molar-refractivity contribution in [3.63, 3.8) is 0 Å². The van der Waals surface area contributed by atoms with Crippen LogP contribution in [0.3, 0.4) is 0 Å². The Morgan fingerprint density at radius 3 is 2.31 bits per heavy atom. The van der Waals surface area contributed by atoms with Crippen LogP contribution in [0, 0.1) is 0 Å². The fraction of sp³-hybridized carbons (Fsp3) is 0.333. The minimum absolute atomic E-state index is 0.146. The second kappa shape index (κ2) is 14.4. The summed E-state index contributed by atoms with van der Waals surface area (Å²) < 4.78 is 6.78. The molecule has 0 aromatic heterocycles. The number of halogens is 1. The number of nitrogens with one attached hydrogen (secondary N) is 1. The van der Waals surface area contributed by atoms with Gasteiger partial charge in [0.25, 0.3) is 5.91 Å². The van der Waals surface area contributed by atoms with E-state index in [4.69, 9.17) is 4.74 Å². The van der Waals surface area contributed by atoms with E-state index in [0.717, 1.165) is 34.9 Å². The number of unbranched alkanes of at least 4 members (excludes halogenated alkanes) is 1. The van der Waals surface area contributed by atoms with E-state index in [-0.39, 0.29) is 18.4 Å². The van der Waals surface area contributed by atoms with Crippen molar-refractivity contribution in [1.82, 2.24) is 10.2 Å². The van der Waals surface area contributed by atoms with Gasteiger partial charge in [-0.2, -0.15) is 0 Å². The summed E-state index contributed by atoms with van der Waals surface area (Å²) in [5.74, 6) is 0.249. The Hall–Kier alpha value is -3.12. The van der Waals surface area contributed by atoms with Crippen molar-refractivity contribution >= 4 is 27.7 Å². The first-order valence-corrected chi connectivity index (χ1v) is 13.4. The van der Waals surface area contributed by atoms with Crippen LogP contribution < -0.4 is 10.1 Å². The molecule has 0 saturated carbocycles. The van der Waals surface area contributed by atoms with Crippen LogP contribution in [0.4, 0.5) is 0 Å². The predicted octanol–water partition coefficient (Wildman–Crippen LogP) is 5.95. The van der Waals surface area contributed by atoms with Gasteiger partial charge in [-0.15, -0.1) is 0 Å². The zero-order chi connectivity index (χ0) is 25.8. The van der Waals surface area contributed by atoms with Crippen LogP contribution >= 0.6 is 15.9 Å². The van der Waals surface area contributed by atoms with E-state index in [0.29, 0.717) is 25.3 Å². The third-order valence-corrected chi connectivity index (χ3v) is 6.53. The lowest BCUT2D eigenvalue weighted by atomic mass is 10.0. The molecule has 1 N–H and O–H groups in total. The number of benzene rings is 3. The van der Waals surface area contributed by atoms with Gasteiger partial charge in [-0.3, -0.25) is 9.59 Å². The fourth-order valence-electron chi connectivity index (χ4n) is 3.94. The summed E-state index contributed by atoms with van der Waals surface area (Å²) >= 11 is 3.52. The number of amides is 2. The van der Waals surface area contributed by atoms with E-state index in [1.807, 2.05) is 78.9 Å². The van der Waals surface area contributed by atoms with Gasteiger partial charge in [0, 0.05) is 24.0 Å². The number of ether oxygens (including phenoxy) is 1. The van der Waals surface area contributed by atoms with Gasteiger partial charge in [0.15, 0.2) is 6.61 Å². The lowest BCUT2D eigenvalue weighted by Crippen LogP contribution is -2.51. The maximum Gasteiger partial charge on any atom is 0.261 e. The standard InChI is InChI=1S/C30H35BrN2O3/c1-3-5-18-32-30(35)28(20-24-10-7-6-8-11-24)33(21-25-12-9-13-26(31)19-25)29(34)22-36-27-16-14-23(4-2)15-17-27/h6-17,19,28H,3-5,18,20-22H2,1-2H3,(H,32,35). The Morgan fingerprint density at radius 2 is 1.64 bits per heavy atom. The maximum absolute atomic E-state index is 13.6. The highest BCUT2D eigenvalue weighted by molar-refractivity contribution is 9.10. The first kappa shape index (κ1) is 27.5. The first-order chi connectivity index (χ1) is 17.5. The highest BCUT2D eigenvalue weighted by Gasteiger charge is 2.30. The number of aryl methyl sites for hydroxylation is 1. The molecule has 36 heavy (non-hydrogen) atoms. The third-order valence-electron chi connectivity index (χ3n) is 6.04. The third kappa shape index (κ3) is 8.52. The number of nitrogens with zero attached hydrogens (tertiary/aromatic N) is 1. The van der Waals surface area contributed by atoms with Crippen LogP contribution in [0.25, 0.3) is 0 Å². The van der Waals surface area contributed by atoms with Crippen LogP contribution in [0.2, 0.25) is 0 Å². The van der Waals surface area contributed by atoms with Gasteiger partial charge in [-0.1, -0.05) is 90.8 Å². The van der Waals surface area contributed by atoms with Gasteiger partial charge in [0.2, 0.25) is 5.91 Å². The van der Waals surface area contributed by atoms with Crippen LogP contribution in [0.1, 0.15) is 43.4 Å². The van der Waals surface area contributed by atoms with E-state index in [9.17, 15) is 9.59 Å². The van der Waals surface area contributed by atoms with Crippen molar-refractivity contribution in [2.75, 3.05) is 13.2 Å². The summed E-state index contributed by atoms with van der Waals surface area (Å²) in [7, 11) is 0. The van der Waals surface area contributed by atoms with Crippen LogP contribution in [0.5, 0.6) is 5.75 Å². The largest absolute Gasteiger partial charge is 0.484 e. The summed E-state index contributed by atoms with van der Waals surface area (Å²) in [5.41, 5.74) is 3.14. The highest BCUT2D eigenvalue weighted by Crippen LogP contribution is 2.19. The molecule has 1 unspecified atom stereocenters. The molecule has 0 radical (unpaired) electrons.